The third-order valence-corrected chi connectivity index (χ3v) is 4.34. The Morgan fingerprint density at radius 1 is 1.16 bits per heavy atom. The highest BCUT2D eigenvalue weighted by molar-refractivity contribution is 7.15. The smallest absolute Gasteiger partial charge is 0.230 e. The number of aryl methyl sites for hydroxylation is 2. The summed E-state index contributed by atoms with van der Waals surface area (Å²) in [6.45, 7) is 4.20. The maximum absolute atomic E-state index is 5.93. The van der Waals surface area contributed by atoms with Gasteiger partial charge < -0.3 is 10.3 Å². The van der Waals surface area contributed by atoms with E-state index in [4.69, 9.17) is 10.3 Å². The topological polar surface area (TPSA) is 52.0 Å². The lowest BCUT2D eigenvalue weighted by Crippen LogP contribution is -1.86. The average Bonchev–Trinajstić information content (AvgIpc) is 2.95. The molecule has 0 atom stereocenters. The van der Waals surface area contributed by atoms with E-state index in [-0.39, 0.29) is 0 Å². The first-order valence-corrected chi connectivity index (χ1v) is 6.86. The van der Waals surface area contributed by atoms with Gasteiger partial charge in [-0.2, -0.15) is 0 Å². The zero-order valence-electron chi connectivity index (χ0n) is 10.8. The molecule has 3 nitrogen and oxygen atoms in total. The number of benzene rings is 1. The molecule has 0 saturated carbocycles. The molecule has 1 aromatic carbocycles. The van der Waals surface area contributed by atoms with E-state index in [2.05, 4.69) is 25.1 Å². The normalized spacial score (nSPS) is 10.8. The van der Waals surface area contributed by atoms with Gasteiger partial charge in [0.2, 0.25) is 5.88 Å². The lowest BCUT2D eigenvalue weighted by atomic mass is 10.0. The van der Waals surface area contributed by atoms with Crippen molar-refractivity contribution >= 4 is 17.2 Å². The molecule has 2 N–H and O–H groups in total. The van der Waals surface area contributed by atoms with Crippen molar-refractivity contribution in [3.05, 3.63) is 46.8 Å². The monoisotopic (exact) mass is 270 g/mol. The molecule has 2 heterocycles. The molecule has 3 rings (SSSR count). The molecular formula is C15H14N2OS. The van der Waals surface area contributed by atoms with E-state index in [0.29, 0.717) is 5.88 Å². The highest BCUT2D eigenvalue weighted by atomic mass is 32.1. The summed E-state index contributed by atoms with van der Waals surface area (Å²) in [4.78, 5) is 2.38. The number of aromatic nitrogens is 1. The fraction of sp³-hybridized carbons (Fsp3) is 0.133. The third kappa shape index (κ3) is 2.04. The molecule has 0 fully saturated rings. The van der Waals surface area contributed by atoms with Crippen molar-refractivity contribution in [3.8, 4) is 21.7 Å². The maximum Gasteiger partial charge on any atom is 0.230 e. The molecule has 0 aliphatic heterocycles. The van der Waals surface area contributed by atoms with E-state index in [1.54, 1.807) is 11.3 Å². The summed E-state index contributed by atoms with van der Waals surface area (Å²) in [5.74, 6) is 0.366. The molecule has 0 amide bonds. The third-order valence-electron chi connectivity index (χ3n) is 3.18. The minimum Gasteiger partial charge on any atom is -0.367 e. The number of anilines is 1. The van der Waals surface area contributed by atoms with Gasteiger partial charge in [-0.05, 0) is 31.0 Å². The molecule has 3 aromatic rings. The van der Waals surface area contributed by atoms with E-state index in [0.717, 1.165) is 21.7 Å². The zero-order valence-corrected chi connectivity index (χ0v) is 11.6. The maximum atomic E-state index is 5.93. The van der Waals surface area contributed by atoms with Gasteiger partial charge in [-0.15, -0.1) is 11.3 Å². The van der Waals surface area contributed by atoms with Crippen LogP contribution < -0.4 is 5.73 Å². The molecule has 0 spiro atoms. The Labute approximate surface area is 115 Å². The van der Waals surface area contributed by atoms with Crippen LogP contribution in [0.3, 0.4) is 0 Å². The van der Waals surface area contributed by atoms with Crippen molar-refractivity contribution in [1.82, 2.24) is 5.16 Å². The van der Waals surface area contributed by atoms with Crippen LogP contribution in [0.5, 0.6) is 0 Å². The lowest BCUT2D eigenvalue weighted by molar-refractivity contribution is 0.439. The number of thiophene rings is 1. The number of rotatable bonds is 2. The molecule has 0 bridgehead atoms. The Morgan fingerprint density at radius 3 is 2.53 bits per heavy atom. The van der Waals surface area contributed by atoms with Crippen molar-refractivity contribution < 1.29 is 4.52 Å². The van der Waals surface area contributed by atoms with Crippen LogP contribution in [-0.2, 0) is 0 Å². The van der Waals surface area contributed by atoms with Crippen LogP contribution in [-0.4, -0.2) is 5.16 Å². The van der Waals surface area contributed by atoms with Crippen LogP contribution >= 0.6 is 11.3 Å². The second-order valence-electron chi connectivity index (χ2n) is 4.49. The Hall–Kier alpha value is -2.07. The van der Waals surface area contributed by atoms with Gasteiger partial charge in [-0.1, -0.05) is 35.5 Å². The van der Waals surface area contributed by atoms with E-state index >= 15 is 0 Å². The van der Waals surface area contributed by atoms with E-state index < -0.39 is 0 Å². The Balaban J connectivity index is 2.19. The van der Waals surface area contributed by atoms with Gasteiger partial charge in [0.05, 0.1) is 10.4 Å². The van der Waals surface area contributed by atoms with Gasteiger partial charge in [0.25, 0.3) is 0 Å². The molecule has 2 aromatic heterocycles. The van der Waals surface area contributed by atoms with Gasteiger partial charge in [0, 0.05) is 4.88 Å². The number of nitrogens with two attached hydrogens (primary N) is 1. The number of nitrogen functional groups attached to an aromatic ring is 1. The fourth-order valence-electron chi connectivity index (χ4n) is 2.04. The molecule has 96 valence electrons. The van der Waals surface area contributed by atoms with Gasteiger partial charge in [0.15, 0.2) is 0 Å². The molecule has 4 heteroatoms. The summed E-state index contributed by atoms with van der Waals surface area (Å²) in [5.41, 5.74) is 9.92. The van der Waals surface area contributed by atoms with Gasteiger partial charge in [-0.3, -0.25) is 0 Å². The molecule has 0 radical (unpaired) electrons. The summed E-state index contributed by atoms with van der Waals surface area (Å²) in [5, 5.41) is 4.13. The predicted octanol–water partition coefficient (Wildman–Crippen LogP) is 4.27. The molecule has 0 unspecified atom stereocenters. The first kappa shape index (κ1) is 12.0. The van der Waals surface area contributed by atoms with Crippen LogP contribution in [0.25, 0.3) is 21.7 Å². The van der Waals surface area contributed by atoms with Crippen LogP contribution in [0.4, 0.5) is 5.88 Å². The van der Waals surface area contributed by atoms with Crippen molar-refractivity contribution in [3.63, 3.8) is 0 Å². The van der Waals surface area contributed by atoms with Gasteiger partial charge in [0.1, 0.15) is 5.69 Å². The summed E-state index contributed by atoms with van der Waals surface area (Å²) < 4.78 is 5.19. The molecular weight excluding hydrogens is 256 g/mol. The minimum absolute atomic E-state index is 0.366. The predicted molar refractivity (Wildman–Crippen MR) is 79.1 cm³/mol. The Morgan fingerprint density at radius 2 is 1.89 bits per heavy atom. The first-order chi connectivity index (χ1) is 9.16. The zero-order chi connectivity index (χ0) is 13.4. The summed E-state index contributed by atoms with van der Waals surface area (Å²) in [7, 11) is 0. The average molecular weight is 270 g/mol. The van der Waals surface area contributed by atoms with Crippen molar-refractivity contribution in [2.24, 2.45) is 0 Å². The quantitative estimate of drug-likeness (QED) is 0.756. The van der Waals surface area contributed by atoms with Crippen molar-refractivity contribution in [2.45, 2.75) is 13.8 Å². The number of hydrogen-bond acceptors (Lipinski definition) is 4. The molecule has 19 heavy (non-hydrogen) atoms. The lowest BCUT2D eigenvalue weighted by Gasteiger charge is -2.00. The molecule has 0 saturated heterocycles. The van der Waals surface area contributed by atoms with E-state index in [9.17, 15) is 0 Å². The first-order valence-electron chi connectivity index (χ1n) is 6.05. The minimum atomic E-state index is 0.366. The molecule has 0 aliphatic carbocycles. The fourth-order valence-corrected chi connectivity index (χ4v) is 3.07. The van der Waals surface area contributed by atoms with Crippen LogP contribution in [0.15, 0.2) is 40.9 Å². The van der Waals surface area contributed by atoms with Crippen LogP contribution in [0, 0.1) is 13.8 Å². The largest absolute Gasteiger partial charge is 0.367 e. The van der Waals surface area contributed by atoms with Gasteiger partial charge in [-0.25, -0.2) is 0 Å². The molecule has 0 aliphatic rings. The second-order valence-corrected chi connectivity index (χ2v) is 5.74. The Bertz CT molecular complexity index is 694. The van der Waals surface area contributed by atoms with Crippen LogP contribution in [0.2, 0.25) is 0 Å². The Kier molecular flexibility index (Phi) is 2.87. The summed E-state index contributed by atoms with van der Waals surface area (Å²) in [6.07, 6.45) is 0. The summed E-state index contributed by atoms with van der Waals surface area (Å²) in [6, 6.07) is 12.1. The van der Waals surface area contributed by atoms with E-state index in [1.807, 2.05) is 30.3 Å². The highest BCUT2D eigenvalue weighted by Crippen LogP contribution is 2.39. The number of hydrogen-bond donors (Lipinski definition) is 1. The van der Waals surface area contributed by atoms with Crippen LogP contribution in [0.1, 0.15) is 10.4 Å². The highest BCUT2D eigenvalue weighted by Gasteiger charge is 2.19. The van der Waals surface area contributed by atoms with Crippen molar-refractivity contribution in [2.75, 3.05) is 5.73 Å². The SMILES string of the molecule is Cc1cc(-c2noc(N)c2-c2ccccc2)sc1C. The van der Waals surface area contributed by atoms with Gasteiger partial charge >= 0.3 is 0 Å². The number of nitrogens with zero attached hydrogens (tertiary/aromatic N) is 1. The summed E-state index contributed by atoms with van der Waals surface area (Å²) >= 11 is 1.71. The van der Waals surface area contributed by atoms with E-state index in [1.165, 1.54) is 10.4 Å². The standard InChI is InChI=1S/C15H14N2OS/c1-9-8-12(19-10(9)2)14-13(15(16)18-17-14)11-6-4-3-5-7-11/h3-8H,16H2,1-2H3. The van der Waals surface area contributed by atoms with Crippen molar-refractivity contribution in [1.29, 1.82) is 0 Å². The second kappa shape index (κ2) is 4.55.